The van der Waals surface area contributed by atoms with E-state index < -0.39 is 0 Å². The summed E-state index contributed by atoms with van der Waals surface area (Å²) >= 11 is 1.51. The fourth-order valence-corrected chi connectivity index (χ4v) is 2.81. The van der Waals surface area contributed by atoms with Crippen molar-refractivity contribution in [2.75, 3.05) is 12.4 Å². The van der Waals surface area contributed by atoms with Gasteiger partial charge in [0.15, 0.2) is 0 Å². The van der Waals surface area contributed by atoms with Crippen LogP contribution in [0, 0.1) is 0 Å². The Morgan fingerprint density at radius 1 is 1.05 bits per heavy atom. The second-order valence-corrected chi connectivity index (χ2v) is 5.69. The number of carbonyl (C=O) groups is 2. The number of carbonyl (C=O) groups excluding carboxylic acids is 2. The molecule has 3 nitrogen and oxygen atoms in total. The Morgan fingerprint density at radius 3 is 2.57 bits per heavy atom. The van der Waals surface area contributed by atoms with E-state index in [4.69, 9.17) is 4.74 Å². The molecule has 0 aromatic heterocycles. The third kappa shape index (κ3) is 4.90. The molecule has 0 saturated carbocycles. The summed E-state index contributed by atoms with van der Waals surface area (Å²) in [6.45, 7) is 2.12. The normalized spacial score (nSPS) is 10.5. The van der Waals surface area contributed by atoms with Crippen LogP contribution in [0.4, 0.5) is 0 Å². The van der Waals surface area contributed by atoms with Gasteiger partial charge in [0.25, 0.3) is 0 Å². The Hall–Kier alpha value is -1.81. The molecule has 0 saturated heterocycles. The molecule has 0 fully saturated rings. The summed E-state index contributed by atoms with van der Waals surface area (Å²) in [5.41, 5.74) is 0. The maximum absolute atomic E-state index is 11.8. The largest absolute Gasteiger partial charge is 0.466 e. The van der Waals surface area contributed by atoms with Crippen molar-refractivity contribution in [2.45, 2.75) is 24.7 Å². The second-order valence-electron chi connectivity index (χ2n) is 4.64. The third-order valence-electron chi connectivity index (χ3n) is 3.03. The molecule has 0 bridgehead atoms. The van der Waals surface area contributed by atoms with Crippen molar-refractivity contribution in [1.29, 1.82) is 0 Å². The fourth-order valence-electron chi connectivity index (χ4n) is 1.97. The average Bonchev–Trinajstić information content (AvgIpc) is 2.51. The zero-order valence-corrected chi connectivity index (χ0v) is 12.8. The third-order valence-corrected chi connectivity index (χ3v) is 4.09. The van der Waals surface area contributed by atoms with Gasteiger partial charge in [-0.3, -0.25) is 9.59 Å². The number of fused-ring (bicyclic) bond motifs is 1. The minimum absolute atomic E-state index is 0.0706. The molecule has 2 aromatic rings. The molecule has 0 amide bonds. The summed E-state index contributed by atoms with van der Waals surface area (Å²) in [5, 5.41) is 2.36. The molecule has 0 aliphatic rings. The number of hydrogen-bond donors (Lipinski definition) is 0. The first-order chi connectivity index (χ1) is 10.2. The highest BCUT2D eigenvalue weighted by atomic mass is 32.2. The smallest absolute Gasteiger partial charge is 0.306 e. The summed E-state index contributed by atoms with van der Waals surface area (Å²) in [6.07, 6.45) is 0.421. The topological polar surface area (TPSA) is 43.4 Å². The second kappa shape index (κ2) is 7.84. The molecule has 2 aromatic carbocycles. The van der Waals surface area contributed by atoms with Crippen LogP contribution >= 0.6 is 11.8 Å². The molecule has 0 unspecified atom stereocenters. The van der Waals surface area contributed by atoms with Gasteiger partial charge in [0, 0.05) is 11.3 Å². The van der Waals surface area contributed by atoms with Gasteiger partial charge in [-0.2, -0.15) is 0 Å². The van der Waals surface area contributed by atoms with Crippen LogP contribution in [0.2, 0.25) is 0 Å². The molecule has 0 atom stereocenters. The van der Waals surface area contributed by atoms with Crippen molar-refractivity contribution >= 4 is 34.3 Å². The maximum atomic E-state index is 11.8. The molecule has 2 rings (SSSR count). The Kier molecular flexibility index (Phi) is 5.81. The van der Waals surface area contributed by atoms with Crippen molar-refractivity contribution in [3.8, 4) is 0 Å². The van der Waals surface area contributed by atoms with Crippen LogP contribution in [0.3, 0.4) is 0 Å². The number of ether oxygens (including phenoxy) is 1. The minimum Gasteiger partial charge on any atom is -0.466 e. The van der Waals surface area contributed by atoms with E-state index in [1.165, 1.54) is 22.5 Å². The van der Waals surface area contributed by atoms with E-state index in [0.29, 0.717) is 12.4 Å². The molecule has 0 aliphatic heterocycles. The van der Waals surface area contributed by atoms with Crippen LogP contribution in [0.15, 0.2) is 47.4 Å². The predicted molar refractivity (Wildman–Crippen MR) is 85.5 cm³/mol. The van der Waals surface area contributed by atoms with Gasteiger partial charge in [-0.05, 0) is 29.8 Å². The Balaban J connectivity index is 1.83. The summed E-state index contributed by atoms with van der Waals surface area (Å²) < 4.78 is 4.81. The number of esters is 1. The quantitative estimate of drug-likeness (QED) is 0.575. The summed E-state index contributed by atoms with van der Waals surface area (Å²) in [4.78, 5) is 24.0. The number of hydrogen-bond acceptors (Lipinski definition) is 4. The lowest BCUT2D eigenvalue weighted by Crippen LogP contribution is -2.09. The van der Waals surface area contributed by atoms with Gasteiger partial charge in [0.2, 0.25) is 0 Å². The highest BCUT2D eigenvalue weighted by Gasteiger charge is 2.08. The fraction of sp³-hybridized carbons (Fsp3) is 0.294. The van der Waals surface area contributed by atoms with Gasteiger partial charge in [-0.15, -0.1) is 11.8 Å². The Labute approximate surface area is 128 Å². The molecule has 0 spiro atoms. The lowest BCUT2D eigenvalue weighted by molar-refractivity contribution is -0.144. The van der Waals surface area contributed by atoms with Gasteiger partial charge < -0.3 is 4.74 Å². The monoisotopic (exact) mass is 302 g/mol. The lowest BCUT2D eigenvalue weighted by atomic mass is 10.1. The summed E-state index contributed by atoms with van der Waals surface area (Å²) in [5.74, 6) is 0.153. The Bertz CT molecular complexity index is 637. The number of Topliss-reactive ketones (excluding diaryl/α,β-unsaturated/α-hetero) is 1. The zero-order chi connectivity index (χ0) is 15.1. The van der Waals surface area contributed by atoms with Crippen molar-refractivity contribution in [2.24, 2.45) is 0 Å². The van der Waals surface area contributed by atoms with Crippen LogP contribution in [0.25, 0.3) is 10.8 Å². The van der Waals surface area contributed by atoms with Gasteiger partial charge in [0.1, 0.15) is 5.78 Å². The Morgan fingerprint density at radius 2 is 1.81 bits per heavy atom. The van der Waals surface area contributed by atoms with Crippen LogP contribution in [-0.4, -0.2) is 24.1 Å². The molecule has 0 aliphatic carbocycles. The van der Waals surface area contributed by atoms with Crippen molar-refractivity contribution in [1.82, 2.24) is 0 Å². The van der Waals surface area contributed by atoms with Gasteiger partial charge in [-0.1, -0.05) is 30.3 Å². The van der Waals surface area contributed by atoms with Crippen LogP contribution in [0.5, 0.6) is 0 Å². The average molecular weight is 302 g/mol. The molecule has 0 heterocycles. The van der Waals surface area contributed by atoms with Gasteiger partial charge in [-0.25, -0.2) is 0 Å². The minimum atomic E-state index is -0.304. The molecule has 0 N–H and O–H groups in total. The van der Waals surface area contributed by atoms with E-state index in [0.717, 1.165) is 4.90 Å². The number of ketones is 1. The van der Waals surface area contributed by atoms with Crippen LogP contribution < -0.4 is 0 Å². The first-order valence-corrected chi connectivity index (χ1v) is 7.96. The summed E-state index contributed by atoms with van der Waals surface area (Å²) in [7, 11) is 0. The molecular formula is C17H18O3S. The standard InChI is InChI=1S/C17H18O3S/c1-2-20-17(19)10-8-15(18)12-21-16-9-7-13-5-3-4-6-14(13)11-16/h3-7,9,11H,2,8,10,12H2,1H3. The van der Waals surface area contributed by atoms with Crippen LogP contribution in [-0.2, 0) is 14.3 Å². The van der Waals surface area contributed by atoms with E-state index >= 15 is 0 Å². The molecule has 21 heavy (non-hydrogen) atoms. The van der Waals surface area contributed by atoms with E-state index in [9.17, 15) is 9.59 Å². The zero-order valence-electron chi connectivity index (χ0n) is 12.0. The first kappa shape index (κ1) is 15.6. The van der Waals surface area contributed by atoms with Crippen molar-refractivity contribution in [3.05, 3.63) is 42.5 Å². The maximum Gasteiger partial charge on any atom is 0.306 e. The van der Waals surface area contributed by atoms with Crippen molar-refractivity contribution in [3.63, 3.8) is 0 Å². The van der Waals surface area contributed by atoms with Crippen molar-refractivity contribution < 1.29 is 14.3 Å². The molecule has 0 radical (unpaired) electrons. The molecule has 4 heteroatoms. The van der Waals surface area contributed by atoms with Crippen LogP contribution in [0.1, 0.15) is 19.8 Å². The lowest BCUT2D eigenvalue weighted by Gasteiger charge is -2.04. The van der Waals surface area contributed by atoms with E-state index in [1.54, 1.807) is 6.92 Å². The van der Waals surface area contributed by atoms with E-state index in [1.807, 2.05) is 18.2 Å². The number of rotatable bonds is 7. The summed E-state index contributed by atoms with van der Waals surface area (Å²) in [6, 6.07) is 14.3. The number of benzene rings is 2. The SMILES string of the molecule is CCOC(=O)CCC(=O)CSc1ccc2ccccc2c1. The van der Waals surface area contributed by atoms with Gasteiger partial charge >= 0.3 is 5.97 Å². The number of thioether (sulfide) groups is 1. The van der Waals surface area contributed by atoms with E-state index in [-0.39, 0.29) is 24.6 Å². The molecule has 110 valence electrons. The molecular weight excluding hydrogens is 284 g/mol. The first-order valence-electron chi connectivity index (χ1n) is 6.98. The highest BCUT2D eigenvalue weighted by molar-refractivity contribution is 8.00. The van der Waals surface area contributed by atoms with E-state index in [2.05, 4.69) is 24.3 Å². The van der Waals surface area contributed by atoms with Gasteiger partial charge in [0.05, 0.1) is 18.8 Å². The predicted octanol–water partition coefficient (Wildman–Crippen LogP) is 3.84. The highest BCUT2D eigenvalue weighted by Crippen LogP contribution is 2.23.